The van der Waals surface area contributed by atoms with Gasteiger partial charge in [0, 0.05) is 30.2 Å². The third-order valence-corrected chi connectivity index (χ3v) is 6.19. The molecule has 37 heavy (non-hydrogen) atoms. The Hall–Kier alpha value is -3.59. The largest absolute Gasteiger partial charge is 0.491 e. The van der Waals surface area contributed by atoms with Crippen molar-refractivity contribution in [3.8, 4) is 34.1 Å². The molecule has 0 atom stereocenters. The van der Waals surface area contributed by atoms with Gasteiger partial charge in [-0.2, -0.15) is 4.98 Å². The number of benzene rings is 3. The molecule has 8 heteroatoms. The lowest BCUT2D eigenvalue weighted by Crippen LogP contribution is -2.11. The minimum absolute atomic E-state index is 0.272. The number of nitrogens with zero attached hydrogens (tertiary/aromatic N) is 2. The number of hydrogen-bond acceptors (Lipinski definition) is 7. The van der Waals surface area contributed by atoms with Gasteiger partial charge in [0.1, 0.15) is 30.5 Å². The molecule has 0 saturated carbocycles. The number of methoxy groups -OCH3 is 2. The van der Waals surface area contributed by atoms with Crippen LogP contribution in [-0.2, 0) is 16.0 Å². The molecule has 192 valence electrons. The van der Waals surface area contributed by atoms with Crippen LogP contribution in [0.4, 0.5) is 0 Å². The molecule has 1 heterocycles. The molecule has 0 spiro atoms. The molecule has 1 aromatic heterocycles. The van der Waals surface area contributed by atoms with Crippen molar-refractivity contribution in [3.05, 3.63) is 84.1 Å². The van der Waals surface area contributed by atoms with Crippen LogP contribution in [-0.4, -0.2) is 56.5 Å². The highest BCUT2D eigenvalue weighted by Crippen LogP contribution is 2.34. The second kappa shape index (κ2) is 13.1. The summed E-state index contributed by atoms with van der Waals surface area (Å²) in [4.78, 5) is 17.8. The number of carbonyl (C=O) groups excluding carboxylic acids is 1. The number of thiol groups is 1. The van der Waals surface area contributed by atoms with Crippen molar-refractivity contribution in [2.24, 2.45) is 0 Å². The quantitative estimate of drug-likeness (QED) is 0.145. The maximum Gasteiger partial charge on any atom is 0.243 e. The van der Waals surface area contributed by atoms with Crippen molar-refractivity contribution in [2.45, 2.75) is 11.4 Å². The third-order valence-electron chi connectivity index (χ3n) is 5.80. The lowest BCUT2D eigenvalue weighted by atomic mass is 10.0. The Morgan fingerprint density at radius 2 is 1.54 bits per heavy atom. The predicted octanol–water partition coefficient (Wildman–Crippen LogP) is 5.42. The van der Waals surface area contributed by atoms with Crippen molar-refractivity contribution >= 4 is 18.9 Å². The van der Waals surface area contributed by atoms with Gasteiger partial charge in [-0.3, -0.25) is 4.79 Å². The summed E-state index contributed by atoms with van der Waals surface area (Å²) < 4.78 is 24.1. The lowest BCUT2D eigenvalue weighted by molar-refractivity contribution is 0.110. The molecule has 7 nitrogen and oxygen atoms in total. The highest BCUT2D eigenvalue weighted by Gasteiger charge is 2.21. The molecule has 4 rings (SSSR count). The van der Waals surface area contributed by atoms with Crippen LogP contribution in [0.5, 0.6) is 11.6 Å². The van der Waals surface area contributed by atoms with Gasteiger partial charge in [-0.1, -0.05) is 60.7 Å². The maximum absolute atomic E-state index is 12.3. The number of imidazole rings is 1. The van der Waals surface area contributed by atoms with Gasteiger partial charge >= 0.3 is 0 Å². The number of aldehydes is 1. The van der Waals surface area contributed by atoms with Crippen LogP contribution in [0.15, 0.2) is 77.7 Å². The first-order valence-corrected chi connectivity index (χ1v) is 12.4. The normalized spacial score (nSPS) is 10.9. The van der Waals surface area contributed by atoms with Crippen LogP contribution in [0.25, 0.3) is 22.5 Å². The molecule has 0 unspecified atom stereocenters. The monoisotopic (exact) mass is 518 g/mol. The van der Waals surface area contributed by atoms with E-state index in [2.05, 4.69) is 17.6 Å². The molecule has 0 saturated heterocycles. The number of aromatic nitrogens is 2. The van der Waals surface area contributed by atoms with E-state index in [1.807, 2.05) is 77.4 Å². The molecule has 0 aliphatic rings. The van der Waals surface area contributed by atoms with Crippen molar-refractivity contribution in [1.82, 2.24) is 9.55 Å². The summed E-state index contributed by atoms with van der Waals surface area (Å²) in [6, 6.07) is 23.7. The molecular weight excluding hydrogens is 488 g/mol. The van der Waals surface area contributed by atoms with E-state index < -0.39 is 0 Å². The van der Waals surface area contributed by atoms with Crippen molar-refractivity contribution < 1.29 is 23.7 Å². The van der Waals surface area contributed by atoms with Crippen LogP contribution in [0.1, 0.15) is 16.1 Å². The maximum atomic E-state index is 12.3. The van der Waals surface area contributed by atoms with Gasteiger partial charge in [-0.25, -0.2) is 0 Å². The number of rotatable bonds is 13. The van der Waals surface area contributed by atoms with Crippen LogP contribution in [0.3, 0.4) is 0 Å². The van der Waals surface area contributed by atoms with Gasteiger partial charge in [0.15, 0.2) is 6.29 Å². The highest BCUT2D eigenvalue weighted by atomic mass is 32.1. The fourth-order valence-corrected chi connectivity index (χ4v) is 4.25. The Kier molecular flexibility index (Phi) is 9.37. The summed E-state index contributed by atoms with van der Waals surface area (Å²) in [5.74, 6) is 1.59. The Morgan fingerprint density at radius 1 is 0.838 bits per heavy atom. The third kappa shape index (κ3) is 6.40. The van der Waals surface area contributed by atoms with E-state index in [1.165, 1.54) is 0 Å². The Morgan fingerprint density at radius 3 is 2.24 bits per heavy atom. The minimum atomic E-state index is 0.272. The van der Waals surface area contributed by atoms with Crippen LogP contribution < -0.4 is 9.47 Å². The van der Waals surface area contributed by atoms with Gasteiger partial charge < -0.3 is 23.5 Å². The first kappa shape index (κ1) is 26.5. The summed E-state index contributed by atoms with van der Waals surface area (Å²) >= 11 is 4.62. The summed E-state index contributed by atoms with van der Waals surface area (Å²) in [6.45, 7) is 1.86. The zero-order valence-corrected chi connectivity index (χ0v) is 21.8. The molecule has 0 radical (unpaired) electrons. The lowest BCUT2D eigenvalue weighted by Gasteiger charge is -2.16. The van der Waals surface area contributed by atoms with Gasteiger partial charge in [0.05, 0.1) is 19.8 Å². The summed E-state index contributed by atoms with van der Waals surface area (Å²) in [5, 5.41) is 0. The van der Waals surface area contributed by atoms with E-state index in [0.29, 0.717) is 43.6 Å². The highest BCUT2D eigenvalue weighted by molar-refractivity contribution is 7.80. The van der Waals surface area contributed by atoms with Gasteiger partial charge in [0.2, 0.25) is 5.88 Å². The summed E-state index contributed by atoms with van der Waals surface area (Å²) in [6.07, 6.45) is 0.776. The standard InChI is InChI=1S/C29H30N2O5S/c1-33-14-16-35-26-18-22(24-10-6-7-11-27(24)37)12-13-23(26)19-31-25(20-32)29(36-17-15-34-2)30-28(31)21-8-4-3-5-9-21/h3-13,18,20,37H,14-17,19H2,1-2H3. The smallest absolute Gasteiger partial charge is 0.243 e. The molecule has 3 aromatic carbocycles. The summed E-state index contributed by atoms with van der Waals surface area (Å²) in [5.41, 5.74) is 4.09. The van der Waals surface area contributed by atoms with Gasteiger partial charge in [-0.15, -0.1) is 12.6 Å². The van der Waals surface area contributed by atoms with E-state index in [1.54, 1.807) is 14.2 Å². The Bertz CT molecular complexity index is 1320. The van der Waals surface area contributed by atoms with Crippen LogP contribution in [0, 0.1) is 0 Å². The van der Waals surface area contributed by atoms with E-state index in [9.17, 15) is 4.79 Å². The van der Waals surface area contributed by atoms with E-state index in [0.717, 1.165) is 33.4 Å². The topological polar surface area (TPSA) is 71.8 Å². The molecule has 0 amide bonds. The number of carbonyl (C=O) groups is 1. The first-order chi connectivity index (χ1) is 18.2. The number of hydrogen-bond donors (Lipinski definition) is 1. The summed E-state index contributed by atoms with van der Waals surface area (Å²) in [7, 11) is 3.23. The molecule has 0 bridgehead atoms. The van der Waals surface area contributed by atoms with E-state index in [4.69, 9.17) is 18.9 Å². The van der Waals surface area contributed by atoms with Crippen molar-refractivity contribution in [3.63, 3.8) is 0 Å². The first-order valence-electron chi connectivity index (χ1n) is 11.9. The number of ether oxygens (including phenoxy) is 4. The molecule has 0 aliphatic carbocycles. The molecule has 0 aliphatic heterocycles. The second-order valence-corrected chi connectivity index (χ2v) is 8.70. The zero-order chi connectivity index (χ0) is 26.0. The fraction of sp³-hybridized carbons (Fsp3) is 0.241. The molecular formula is C29H30N2O5S. The molecule has 4 aromatic rings. The average Bonchev–Trinajstić information content (AvgIpc) is 3.27. The van der Waals surface area contributed by atoms with Gasteiger partial charge in [0.25, 0.3) is 0 Å². The van der Waals surface area contributed by atoms with Crippen molar-refractivity contribution in [2.75, 3.05) is 40.6 Å². The molecule has 0 N–H and O–H groups in total. The Labute approximate surface area is 222 Å². The Balaban J connectivity index is 1.77. The molecule has 0 fully saturated rings. The minimum Gasteiger partial charge on any atom is -0.491 e. The predicted molar refractivity (Wildman–Crippen MR) is 146 cm³/mol. The van der Waals surface area contributed by atoms with Gasteiger partial charge in [-0.05, 0) is 23.3 Å². The SMILES string of the molecule is COCCOc1cc(-c2ccccc2S)ccc1Cn1c(-c2ccccc2)nc(OCCOC)c1C=O. The second-order valence-electron chi connectivity index (χ2n) is 8.22. The average molecular weight is 519 g/mol. The zero-order valence-electron chi connectivity index (χ0n) is 20.9. The van der Waals surface area contributed by atoms with Crippen LogP contribution >= 0.6 is 12.6 Å². The van der Waals surface area contributed by atoms with E-state index >= 15 is 0 Å². The van der Waals surface area contributed by atoms with E-state index in [-0.39, 0.29) is 12.5 Å². The van der Waals surface area contributed by atoms with Crippen molar-refractivity contribution in [1.29, 1.82) is 0 Å². The fourth-order valence-electron chi connectivity index (χ4n) is 3.96. The van der Waals surface area contributed by atoms with Crippen LogP contribution in [0.2, 0.25) is 0 Å².